The molecule has 0 saturated heterocycles. The van der Waals surface area contributed by atoms with Gasteiger partial charge >= 0.3 is 0 Å². The van der Waals surface area contributed by atoms with Crippen LogP contribution in [0.5, 0.6) is 0 Å². The lowest BCUT2D eigenvalue weighted by Gasteiger charge is -2.35. The van der Waals surface area contributed by atoms with Gasteiger partial charge in [-0.15, -0.1) is 0 Å². The number of hydrogen-bond acceptors (Lipinski definition) is 3. The van der Waals surface area contributed by atoms with Crippen LogP contribution < -0.4 is 0 Å². The number of rotatable bonds is 5. The van der Waals surface area contributed by atoms with Gasteiger partial charge in [-0.05, 0) is 11.1 Å². The van der Waals surface area contributed by atoms with E-state index in [1.54, 1.807) is 0 Å². The van der Waals surface area contributed by atoms with Gasteiger partial charge in [0.2, 0.25) is 0 Å². The van der Waals surface area contributed by atoms with Gasteiger partial charge in [0.05, 0.1) is 6.61 Å². The summed E-state index contributed by atoms with van der Waals surface area (Å²) >= 11 is 0. The Bertz CT molecular complexity index is 492. The SMILES string of the molecule is CO[C@](CO)(c1ccccc1)[C@H](O)c1ccccc1. The molecule has 2 aromatic carbocycles. The average Bonchev–Trinajstić information content (AvgIpc) is 2.51. The molecule has 0 unspecified atom stereocenters. The molecule has 100 valence electrons. The zero-order chi connectivity index (χ0) is 13.7. The fraction of sp³-hybridized carbons (Fsp3) is 0.250. The van der Waals surface area contributed by atoms with Crippen LogP contribution in [-0.4, -0.2) is 23.9 Å². The standard InChI is InChI=1S/C16H18O3/c1-19-16(12-17,14-10-6-3-7-11-14)15(18)13-8-4-2-5-9-13/h2-11,15,17-18H,12H2,1H3/t15-,16-/m1/s1. The highest BCUT2D eigenvalue weighted by Gasteiger charge is 2.40. The molecule has 0 amide bonds. The molecule has 0 aliphatic carbocycles. The molecule has 0 radical (unpaired) electrons. The molecule has 3 nitrogen and oxygen atoms in total. The molecular weight excluding hydrogens is 240 g/mol. The Morgan fingerprint density at radius 2 is 1.53 bits per heavy atom. The van der Waals surface area contributed by atoms with Crippen LogP contribution in [0, 0.1) is 0 Å². The van der Waals surface area contributed by atoms with Crippen LogP contribution in [0.2, 0.25) is 0 Å². The van der Waals surface area contributed by atoms with Gasteiger partial charge in [0, 0.05) is 7.11 Å². The van der Waals surface area contributed by atoms with Crippen LogP contribution in [0.4, 0.5) is 0 Å². The Morgan fingerprint density at radius 3 is 2.00 bits per heavy atom. The minimum atomic E-state index is -1.15. The second kappa shape index (κ2) is 5.97. The number of aliphatic hydroxyl groups excluding tert-OH is 2. The molecule has 2 rings (SSSR count). The van der Waals surface area contributed by atoms with Crippen LogP contribution in [0.3, 0.4) is 0 Å². The second-order valence-corrected chi connectivity index (χ2v) is 4.43. The molecule has 0 aliphatic heterocycles. The molecule has 2 atom stereocenters. The third-order valence-corrected chi connectivity index (χ3v) is 3.42. The normalized spacial score (nSPS) is 15.7. The van der Waals surface area contributed by atoms with E-state index in [2.05, 4.69) is 0 Å². The van der Waals surface area contributed by atoms with E-state index >= 15 is 0 Å². The van der Waals surface area contributed by atoms with Gasteiger partial charge in [-0.1, -0.05) is 60.7 Å². The Hall–Kier alpha value is -1.68. The predicted octanol–water partition coefficient (Wildman–Crippen LogP) is 2.25. The lowest BCUT2D eigenvalue weighted by Crippen LogP contribution is -2.39. The van der Waals surface area contributed by atoms with Crippen LogP contribution in [0.25, 0.3) is 0 Å². The maximum Gasteiger partial charge on any atom is 0.145 e. The van der Waals surface area contributed by atoms with Crippen molar-refractivity contribution >= 4 is 0 Å². The summed E-state index contributed by atoms with van der Waals surface area (Å²) in [5, 5.41) is 20.4. The lowest BCUT2D eigenvalue weighted by atomic mass is 9.85. The number of aliphatic hydroxyl groups is 2. The van der Waals surface area contributed by atoms with Crippen molar-refractivity contribution in [3.05, 3.63) is 71.8 Å². The monoisotopic (exact) mass is 258 g/mol. The first kappa shape index (κ1) is 13.7. The van der Waals surface area contributed by atoms with E-state index in [0.29, 0.717) is 5.56 Å². The van der Waals surface area contributed by atoms with Gasteiger partial charge in [-0.25, -0.2) is 0 Å². The van der Waals surface area contributed by atoms with Crippen molar-refractivity contribution in [2.45, 2.75) is 11.7 Å². The number of hydrogen-bond donors (Lipinski definition) is 2. The summed E-state index contributed by atoms with van der Waals surface area (Å²) in [6, 6.07) is 18.5. The van der Waals surface area contributed by atoms with E-state index in [9.17, 15) is 10.2 Å². The fourth-order valence-electron chi connectivity index (χ4n) is 2.25. The Morgan fingerprint density at radius 1 is 1.00 bits per heavy atom. The maximum atomic E-state index is 10.6. The van der Waals surface area contributed by atoms with Crippen molar-refractivity contribution in [1.29, 1.82) is 0 Å². The van der Waals surface area contributed by atoms with E-state index in [-0.39, 0.29) is 6.61 Å². The van der Waals surface area contributed by atoms with E-state index in [4.69, 9.17) is 4.74 Å². The third-order valence-electron chi connectivity index (χ3n) is 3.42. The highest BCUT2D eigenvalue weighted by atomic mass is 16.5. The number of benzene rings is 2. The van der Waals surface area contributed by atoms with E-state index in [0.717, 1.165) is 5.56 Å². The van der Waals surface area contributed by atoms with Crippen LogP contribution in [0.1, 0.15) is 17.2 Å². The molecule has 0 aromatic heterocycles. The highest BCUT2D eigenvalue weighted by molar-refractivity contribution is 5.29. The minimum absolute atomic E-state index is 0.302. The summed E-state index contributed by atoms with van der Waals surface area (Å²) in [5.41, 5.74) is 0.307. The van der Waals surface area contributed by atoms with E-state index < -0.39 is 11.7 Å². The molecule has 0 spiro atoms. The summed E-state index contributed by atoms with van der Waals surface area (Å²) in [6.07, 6.45) is -0.939. The predicted molar refractivity (Wildman–Crippen MR) is 73.6 cm³/mol. The van der Waals surface area contributed by atoms with Crippen LogP contribution in [-0.2, 0) is 10.3 Å². The molecule has 2 N–H and O–H groups in total. The van der Waals surface area contributed by atoms with E-state index in [1.807, 2.05) is 60.7 Å². The van der Waals surface area contributed by atoms with Crippen LogP contribution >= 0.6 is 0 Å². The molecular formula is C16H18O3. The van der Waals surface area contributed by atoms with Gasteiger partial charge in [0.1, 0.15) is 11.7 Å². The lowest BCUT2D eigenvalue weighted by molar-refractivity contribution is -0.138. The van der Waals surface area contributed by atoms with E-state index in [1.165, 1.54) is 7.11 Å². The Labute approximate surface area is 113 Å². The topological polar surface area (TPSA) is 49.7 Å². The largest absolute Gasteiger partial charge is 0.393 e. The molecule has 3 heteroatoms. The minimum Gasteiger partial charge on any atom is -0.393 e. The van der Waals surface area contributed by atoms with Gasteiger partial charge < -0.3 is 14.9 Å². The zero-order valence-corrected chi connectivity index (χ0v) is 10.9. The van der Waals surface area contributed by atoms with Crippen molar-refractivity contribution in [2.24, 2.45) is 0 Å². The van der Waals surface area contributed by atoms with Gasteiger partial charge in [-0.2, -0.15) is 0 Å². The summed E-state index contributed by atoms with van der Waals surface area (Å²) in [6.45, 7) is -0.302. The quantitative estimate of drug-likeness (QED) is 0.865. The fourth-order valence-corrected chi connectivity index (χ4v) is 2.25. The Kier molecular flexibility index (Phi) is 4.32. The molecule has 0 bridgehead atoms. The molecule has 0 fully saturated rings. The van der Waals surface area contributed by atoms with Crippen molar-refractivity contribution in [3.63, 3.8) is 0 Å². The van der Waals surface area contributed by atoms with Gasteiger partial charge in [-0.3, -0.25) is 0 Å². The number of methoxy groups -OCH3 is 1. The molecule has 0 saturated carbocycles. The summed E-state index contributed by atoms with van der Waals surface area (Å²) in [5.74, 6) is 0. The van der Waals surface area contributed by atoms with Crippen molar-refractivity contribution < 1.29 is 14.9 Å². The molecule has 0 heterocycles. The van der Waals surface area contributed by atoms with Gasteiger partial charge in [0.15, 0.2) is 0 Å². The average molecular weight is 258 g/mol. The number of ether oxygens (including phenoxy) is 1. The molecule has 0 aliphatic rings. The third kappa shape index (κ3) is 2.54. The zero-order valence-electron chi connectivity index (χ0n) is 10.9. The Balaban J connectivity index is 2.45. The first-order valence-corrected chi connectivity index (χ1v) is 6.19. The van der Waals surface area contributed by atoms with Crippen molar-refractivity contribution in [3.8, 4) is 0 Å². The van der Waals surface area contributed by atoms with Crippen molar-refractivity contribution in [2.75, 3.05) is 13.7 Å². The van der Waals surface area contributed by atoms with Crippen LogP contribution in [0.15, 0.2) is 60.7 Å². The highest BCUT2D eigenvalue weighted by Crippen LogP contribution is 2.37. The summed E-state index contributed by atoms with van der Waals surface area (Å²) in [4.78, 5) is 0. The van der Waals surface area contributed by atoms with Crippen molar-refractivity contribution in [1.82, 2.24) is 0 Å². The molecule has 2 aromatic rings. The maximum absolute atomic E-state index is 10.6. The second-order valence-electron chi connectivity index (χ2n) is 4.43. The smallest absolute Gasteiger partial charge is 0.145 e. The first-order valence-electron chi connectivity index (χ1n) is 6.19. The van der Waals surface area contributed by atoms with Gasteiger partial charge in [0.25, 0.3) is 0 Å². The first-order chi connectivity index (χ1) is 9.24. The molecule has 19 heavy (non-hydrogen) atoms. The summed E-state index contributed by atoms with van der Waals surface area (Å²) in [7, 11) is 1.50. The summed E-state index contributed by atoms with van der Waals surface area (Å²) < 4.78 is 5.49.